The van der Waals surface area contributed by atoms with Crippen LogP contribution in [0.5, 0.6) is 5.75 Å². The predicted molar refractivity (Wildman–Crippen MR) is 83.0 cm³/mol. The molecule has 102 valence electrons. The number of aryl methyl sites for hydroxylation is 1. The molecule has 0 amide bonds. The summed E-state index contributed by atoms with van der Waals surface area (Å²) in [6, 6.07) is 13.1. The molecule has 0 aliphatic carbocycles. The van der Waals surface area contributed by atoms with Crippen molar-refractivity contribution in [3.05, 3.63) is 42.0 Å². The molecule has 0 saturated heterocycles. The van der Waals surface area contributed by atoms with E-state index in [-0.39, 0.29) is 0 Å². The molecular formula is C18H24O. The topological polar surface area (TPSA) is 9.23 Å². The maximum Gasteiger partial charge on any atom is 0.119 e. The van der Waals surface area contributed by atoms with E-state index < -0.39 is 0 Å². The molecule has 0 fully saturated rings. The number of hydrogen-bond donors (Lipinski definition) is 0. The lowest BCUT2D eigenvalue weighted by molar-refractivity contribution is 0.415. The predicted octanol–water partition coefficient (Wildman–Crippen LogP) is 5.36. The fourth-order valence-electron chi connectivity index (χ4n) is 2.49. The minimum Gasteiger partial charge on any atom is -0.497 e. The zero-order valence-electron chi connectivity index (χ0n) is 12.1. The Bertz CT molecular complexity index is 516. The lowest BCUT2D eigenvalue weighted by atomic mass is 10.0. The van der Waals surface area contributed by atoms with E-state index in [1.807, 2.05) is 6.07 Å². The molecular weight excluding hydrogens is 232 g/mol. The van der Waals surface area contributed by atoms with E-state index in [9.17, 15) is 0 Å². The molecule has 0 aromatic heterocycles. The third-order valence-electron chi connectivity index (χ3n) is 3.68. The van der Waals surface area contributed by atoms with Gasteiger partial charge in [0, 0.05) is 0 Å². The summed E-state index contributed by atoms with van der Waals surface area (Å²) in [5.74, 6) is 0.930. The average Bonchev–Trinajstić information content (AvgIpc) is 2.46. The van der Waals surface area contributed by atoms with Gasteiger partial charge in [-0.15, -0.1) is 0 Å². The number of fused-ring (bicyclic) bond motifs is 1. The normalized spacial score (nSPS) is 10.8. The number of methoxy groups -OCH3 is 1. The SMILES string of the molecule is CCCCCCCc1ccc2cc(OC)ccc2c1. The van der Waals surface area contributed by atoms with Crippen molar-refractivity contribution in [2.75, 3.05) is 7.11 Å². The fourth-order valence-corrected chi connectivity index (χ4v) is 2.49. The van der Waals surface area contributed by atoms with Gasteiger partial charge in [0.25, 0.3) is 0 Å². The third-order valence-corrected chi connectivity index (χ3v) is 3.68. The second-order valence-corrected chi connectivity index (χ2v) is 5.21. The average molecular weight is 256 g/mol. The molecule has 19 heavy (non-hydrogen) atoms. The number of ether oxygens (including phenoxy) is 1. The zero-order valence-corrected chi connectivity index (χ0v) is 12.1. The highest BCUT2D eigenvalue weighted by molar-refractivity contribution is 5.84. The molecule has 0 aliphatic heterocycles. The van der Waals surface area contributed by atoms with Crippen molar-refractivity contribution in [1.29, 1.82) is 0 Å². The monoisotopic (exact) mass is 256 g/mol. The molecule has 0 saturated carbocycles. The highest BCUT2D eigenvalue weighted by atomic mass is 16.5. The number of rotatable bonds is 7. The minimum atomic E-state index is 0.930. The van der Waals surface area contributed by atoms with Gasteiger partial charge in [-0.2, -0.15) is 0 Å². The summed E-state index contributed by atoms with van der Waals surface area (Å²) in [5.41, 5.74) is 1.45. The van der Waals surface area contributed by atoms with Crippen molar-refractivity contribution in [3.8, 4) is 5.75 Å². The summed E-state index contributed by atoms with van der Waals surface area (Å²) >= 11 is 0. The molecule has 0 spiro atoms. The van der Waals surface area contributed by atoms with Crippen LogP contribution in [0.2, 0.25) is 0 Å². The van der Waals surface area contributed by atoms with Gasteiger partial charge in [0.2, 0.25) is 0 Å². The Kier molecular flexibility index (Phi) is 5.26. The van der Waals surface area contributed by atoms with Gasteiger partial charge in [-0.3, -0.25) is 0 Å². The molecule has 0 radical (unpaired) electrons. The minimum absolute atomic E-state index is 0.930. The first-order valence-corrected chi connectivity index (χ1v) is 7.40. The van der Waals surface area contributed by atoms with E-state index in [2.05, 4.69) is 37.3 Å². The molecule has 0 N–H and O–H groups in total. The summed E-state index contributed by atoms with van der Waals surface area (Å²) in [4.78, 5) is 0. The van der Waals surface area contributed by atoms with Gasteiger partial charge in [-0.25, -0.2) is 0 Å². The highest BCUT2D eigenvalue weighted by Gasteiger charge is 1.99. The number of benzene rings is 2. The Hall–Kier alpha value is -1.50. The van der Waals surface area contributed by atoms with Crippen LogP contribution in [0.15, 0.2) is 36.4 Å². The first-order valence-electron chi connectivity index (χ1n) is 7.40. The Labute approximate surface area is 116 Å². The van der Waals surface area contributed by atoms with Gasteiger partial charge in [0.15, 0.2) is 0 Å². The summed E-state index contributed by atoms with van der Waals surface area (Å²) < 4.78 is 5.25. The molecule has 0 atom stereocenters. The van der Waals surface area contributed by atoms with Crippen LogP contribution in [-0.4, -0.2) is 7.11 Å². The van der Waals surface area contributed by atoms with Crippen LogP contribution in [0, 0.1) is 0 Å². The molecule has 2 aromatic carbocycles. The Morgan fingerprint density at radius 2 is 1.58 bits per heavy atom. The van der Waals surface area contributed by atoms with Crippen molar-refractivity contribution in [2.45, 2.75) is 45.4 Å². The highest BCUT2D eigenvalue weighted by Crippen LogP contribution is 2.22. The molecule has 0 unspecified atom stereocenters. The molecule has 2 rings (SSSR count). The Morgan fingerprint density at radius 3 is 2.37 bits per heavy atom. The van der Waals surface area contributed by atoms with Crippen LogP contribution in [-0.2, 0) is 6.42 Å². The maximum absolute atomic E-state index is 5.25. The van der Waals surface area contributed by atoms with E-state index >= 15 is 0 Å². The summed E-state index contributed by atoms with van der Waals surface area (Å²) in [7, 11) is 1.71. The van der Waals surface area contributed by atoms with Crippen molar-refractivity contribution >= 4 is 10.8 Å². The van der Waals surface area contributed by atoms with E-state index in [4.69, 9.17) is 4.74 Å². The summed E-state index contributed by atoms with van der Waals surface area (Å²) in [6.45, 7) is 2.26. The molecule has 1 heteroatoms. The van der Waals surface area contributed by atoms with Gasteiger partial charge in [-0.05, 0) is 41.3 Å². The quantitative estimate of drug-likeness (QED) is 0.606. The van der Waals surface area contributed by atoms with Crippen LogP contribution >= 0.6 is 0 Å². The van der Waals surface area contributed by atoms with Crippen molar-refractivity contribution in [3.63, 3.8) is 0 Å². The molecule has 1 nitrogen and oxygen atoms in total. The van der Waals surface area contributed by atoms with E-state index in [0.29, 0.717) is 0 Å². The van der Waals surface area contributed by atoms with Crippen LogP contribution in [0.1, 0.15) is 44.6 Å². The van der Waals surface area contributed by atoms with Crippen LogP contribution in [0.4, 0.5) is 0 Å². The van der Waals surface area contributed by atoms with E-state index in [1.165, 1.54) is 54.9 Å². The summed E-state index contributed by atoms with van der Waals surface area (Å²) in [5, 5.41) is 2.57. The van der Waals surface area contributed by atoms with Crippen molar-refractivity contribution in [2.24, 2.45) is 0 Å². The Balaban J connectivity index is 1.97. The van der Waals surface area contributed by atoms with Crippen LogP contribution in [0.25, 0.3) is 10.8 Å². The van der Waals surface area contributed by atoms with Gasteiger partial charge < -0.3 is 4.74 Å². The van der Waals surface area contributed by atoms with Gasteiger partial charge >= 0.3 is 0 Å². The molecule has 0 aliphatic rings. The molecule has 0 bridgehead atoms. The lowest BCUT2D eigenvalue weighted by Crippen LogP contribution is -1.87. The van der Waals surface area contributed by atoms with E-state index in [1.54, 1.807) is 7.11 Å². The first-order chi connectivity index (χ1) is 9.33. The standard InChI is InChI=1S/C18H24O/c1-3-4-5-6-7-8-15-9-10-17-14-18(19-2)12-11-16(17)13-15/h9-14H,3-8H2,1-2H3. The largest absolute Gasteiger partial charge is 0.497 e. The van der Waals surface area contributed by atoms with Crippen molar-refractivity contribution in [1.82, 2.24) is 0 Å². The first kappa shape index (κ1) is 13.9. The van der Waals surface area contributed by atoms with Crippen LogP contribution < -0.4 is 4.74 Å². The smallest absolute Gasteiger partial charge is 0.119 e. The molecule has 2 aromatic rings. The second-order valence-electron chi connectivity index (χ2n) is 5.21. The Morgan fingerprint density at radius 1 is 0.842 bits per heavy atom. The van der Waals surface area contributed by atoms with Gasteiger partial charge in [0.1, 0.15) is 5.75 Å². The van der Waals surface area contributed by atoms with Gasteiger partial charge in [-0.1, -0.05) is 56.9 Å². The van der Waals surface area contributed by atoms with E-state index in [0.717, 1.165) is 5.75 Å². The second kappa shape index (κ2) is 7.18. The maximum atomic E-state index is 5.25. The lowest BCUT2D eigenvalue weighted by Gasteiger charge is -2.06. The summed E-state index contributed by atoms with van der Waals surface area (Å²) in [6.07, 6.45) is 7.93. The van der Waals surface area contributed by atoms with Gasteiger partial charge in [0.05, 0.1) is 7.11 Å². The van der Waals surface area contributed by atoms with Crippen molar-refractivity contribution < 1.29 is 4.74 Å². The molecule has 0 heterocycles. The van der Waals surface area contributed by atoms with Crippen LogP contribution in [0.3, 0.4) is 0 Å². The number of hydrogen-bond acceptors (Lipinski definition) is 1. The zero-order chi connectivity index (χ0) is 13.5. The third kappa shape index (κ3) is 3.99. The number of unbranched alkanes of at least 4 members (excludes halogenated alkanes) is 4. The fraction of sp³-hybridized carbons (Fsp3) is 0.444.